The second-order valence-electron chi connectivity index (χ2n) is 5.62. The van der Waals surface area contributed by atoms with Gasteiger partial charge in [-0.05, 0) is 31.2 Å². The molecule has 1 saturated carbocycles. The summed E-state index contributed by atoms with van der Waals surface area (Å²) in [6, 6.07) is 0. The maximum Gasteiger partial charge on any atom is 0.306 e. The first-order valence-electron chi connectivity index (χ1n) is 6.95. The molecule has 1 aromatic rings. The van der Waals surface area contributed by atoms with Crippen molar-refractivity contribution in [2.45, 2.75) is 37.7 Å². The summed E-state index contributed by atoms with van der Waals surface area (Å²) in [7, 11) is 1.88. The van der Waals surface area contributed by atoms with Gasteiger partial charge in [-0.2, -0.15) is 5.10 Å². The second kappa shape index (κ2) is 4.96. The highest BCUT2D eigenvalue weighted by molar-refractivity contribution is 5.70. The minimum absolute atomic E-state index is 0.0896. The third-order valence-corrected chi connectivity index (χ3v) is 4.11. The smallest absolute Gasteiger partial charge is 0.306 e. The molecular weight excluding hydrogens is 244 g/mol. The molecule has 2 heterocycles. The maximum absolute atomic E-state index is 11.9. The number of nitrogens with zero attached hydrogens (tertiary/aromatic N) is 2. The zero-order chi connectivity index (χ0) is 13.3. The second-order valence-corrected chi connectivity index (χ2v) is 5.62. The van der Waals surface area contributed by atoms with Gasteiger partial charge in [0.15, 0.2) is 0 Å². The number of carbonyl (C=O) groups is 1. The highest BCUT2D eigenvalue weighted by Gasteiger charge is 2.53. The molecule has 0 bridgehead atoms. The zero-order valence-corrected chi connectivity index (χ0v) is 11.3. The van der Waals surface area contributed by atoms with E-state index in [9.17, 15) is 4.79 Å². The molecule has 0 unspecified atom stereocenters. The first-order chi connectivity index (χ1) is 9.18. The van der Waals surface area contributed by atoms with Gasteiger partial charge in [-0.1, -0.05) is 0 Å². The summed E-state index contributed by atoms with van der Waals surface area (Å²) in [6.07, 6.45) is 7.89. The molecule has 0 radical (unpaired) electrons. The van der Waals surface area contributed by atoms with E-state index < -0.39 is 0 Å². The summed E-state index contributed by atoms with van der Waals surface area (Å²) < 4.78 is 12.9. The number of esters is 1. The van der Waals surface area contributed by atoms with Gasteiger partial charge >= 0.3 is 5.97 Å². The van der Waals surface area contributed by atoms with Crippen molar-refractivity contribution in [1.29, 1.82) is 0 Å². The van der Waals surface area contributed by atoms with Crippen molar-refractivity contribution in [1.82, 2.24) is 9.78 Å². The van der Waals surface area contributed by atoms with Gasteiger partial charge in [0.05, 0.1) is 12.8 Å². The average Bonchev–Trinajstić information content (AvgIpc) is 2.84. The van der Waals surface area contributed by atoms with Crippen LogP contribution in [0, 0.1) is 5.92 Å². The summed E-state index contributed by atoms with van der Waals surface area (Å²) >= 11 is 0. The van der Waals surface area contributed by atoms with Crippen LogP contribution in [0.15, 0.2) is 12.4 Å². The molecule has 1 saturated heterocycles. The Balaban J connectivity index is 1.48. The Morgan fingerprint density at radius 2 is 2.47 bits per heavy atom. The van der Waals surface area contributed by atoms with Crippen LogP contribution in [0.1, 0.15) is 31.2 Å². The molecule has 1 atom stereocenters. The van der Waals surface area contributed by atoms with Crippen molar-refractivity contribution in [2.75, 3.05) is 13.2 Å². The van der Waals surface area contributed by atoms with E-state index in [-0.39, 0.29) is 11.6 Å². The molecule has 3 rings (SSSR count). The van der Waals surface area contributed by atoms with Crippen LogP contribution >= 0.6 is 0 Å². The Labute approximate surface area is 112 Å². The molecule has 0 aromatic carbocycles. The molecule has 1 aliphatic heterocycles. The molecule has 5 heteroatoms. The fourth-order valence-electron chi connectivity index (χ4n) is 2.79. The monoisotopic (exact) mass is 264 g/mol. The van der Waals surface area contributed by atoms with Gasteiger partial charge in [-0.3, -0.25) is 9.48 Å². The molecule has 5 nitrogen and oxygen atoms in total. The standard InChI is InChI=1S/C14H20N2O3/c1-16-9-11(8-15-16)2-3-13(17)19-14(5-6-14)12-4-7-18-10-12/h8-9,12H,2-7,10H2,1H3/t12-/m0/s1. The molecule has 0 N–H and O–H groups in total. The molecular formula is C14H20N2O3. The third-order valence-electron chi connectivity index (χ3n) is 4.11. The summed E-state index contributed by atoms with van der Waals surface area (Å²) in [5, 5.41) is 4.09. The van der Waals surface area contributed by atoms with Gasteiger partial charge in [-0.15, -0.1) is 0 Å². The minimum atomic E-state index is -0.192. The van der Waals surface area contributed by atoms with E-state index in [2.05, 4.69) is 5.10 Å². The summed E-state index contributed by atoms with van der Waals surface area (Å²) in [5.41, 5.74) is 0.885. The van der Waals surface area contributed by atoms with Crippen molar-refractivity contribution in [3.05, 3.63) is 18.0 Å². The summed E-state index contributed by atoms with van der Waals surface area (Å²) in [4.78, 5) is 11.9. The van der Waals surface area contributed by atoms with Crippen molar-refractivity contribution in [2.24, 2.45) is 13.0 Å². The average molecular weight is 264 g/mol. The van der Waals surface area contributed by atoms with Crippen LogP contribution in [0.4, 0.5) is 0 Å². The quantitative estimate of drug-likeness (QED) is 0.756. The van der Waals surface area contributed by atoms with Crippen LogP contribution in [0.2, 0.25) is 0 Å². The Kier molecular flexibility index (Phi) is 3.31. The van der Waals surface area contributed by atoms with Crippen molar-refractivity contribution in [3.8, 4) is 0 Å². The lowest BCUT2D eigenvalue weighted by atomic mass is 9.99. The van der Waals surface area contributed by atoms with E-state index in [1.165, 1.54) is 0 Å². The van der Waals surface area contributed by atoms with Crippen LogP contribution < -0.4 is 0 Å². The molecule has 1 aromatic heterocycles. The van der Waals surface area contributed by atoms with Gasteiger partial charge in [0, 0.05) is 32.2 Å². The number of hydrogen-bond donors (Lipinski definition) is 0. The van der Waals surface area contributed by atoms with Crippen LogP contribution in [0.5, 0.6) is 0 Å². The lowest BCUT2D eigenvalue weighted by Crippen LogP contribution is -2.29. The number of aryl methyl sites for hydroxylation is 2. The number of rotatable bonds is 5. The van der Waals surface area contributed by atoms with Gasteiger partial charge in [0.2, 0.25) is 0 Å². The molecule has 2 fully saturated rings. The highest BCUT2D eigenvalue weighted by Crippen LogP contribution is 2.49. The predicted octanol–water partition coefficient (Wildman–Crippen LogP) is 1.47. The number of hydrogen-bond acceptors (Lipinski definition) is 4. The van der Waals surface area contributed by atoms with Gasteiger partial charge in [0.1, 0.15) is 5.60 Å². The van der Waals surface area contributed by atoms with Crippen molar-refractivity contribution in [3.63, 3.8) is 0 Å². The molecule has 104 valence electrons. The van der Waals surface area contributed by atoms with E-state index in [0.717, 1.165) is 38.0 Å². The van der Waals surface area contributed by atoms with Crippen LogP contribution in [0.3, 0.4) is 0 Å². The fourth-order valence-corrected chi connectivity index (χ4v) is 2.79. The Morgan fingerprint density at radius 1 is 1.63 bits per heavy atom. The maximum atomic E-state index is 11.9. The van der Waals surface area contributed by atoms with E-state index in [4.69, 9.17) is 9.47 Å². The van der Waals surface area contributed by atoms with Gasteiger partial charge < -0.3 is 9.47 Å². The van der Waals surface area contributed by atoms with E-state index in [1.807, 2.05) is 13.2 Å². The lowest BCUT2D eigenvalue weighted by Gasteiger charge is -2.21. The molecule has 19 heavy (non-hydrogen) atoms. The summed E-state index contributed by atoms with van der Waals surface area (Å²) in [5.74, 6) is 0.322. The van der Waals surface area contributed by atoms with E-state index in [1.54, 1.807) is 10.9 Å². The van der Waals surface area contributed by atoms with Crippen molar-refractivity contribution < 1.29 is 14.3 Å². The van der Waals surface area contributed by atoms with E-state index >= 15 is 0 Å². The Hall–Kier alpha value is -1.36. The first-order valence-corrected chi connectivity index (χ1v) is 6.95. The Morgan fingerprint density at radius 3 is 3.05 bits per heavy atom. The molecule has 2 aliphatic rings. The zero-order valence-electron chi connectivity index (χ0n) is 11.3. The largest absolute Gasteiger partial charge is 0.459 e. The Bertz CT molecular complexity index is 459. The van der Waals surface area contributed by atoms with Crippen LogP contribution in [0.25, 0.3) is 0 Å². The topological polar surface area (TPSA) is 53.4 Å². The number of ether oxygens (including phenoxy) is 2. The molecule has 1 aliphatic carbocycles. The van der Waals surface area contributed by atoms with Crippen LogP contribution in [-0.2, 0) is 27.7 Å². The van der Waals surface area contributed by atoms with E-state index in [0.29, 0.717) is 18.8 Å². The predicted molar refractivity (Wildman–Crippen MR) is 68.5 cm³/mol. The SMILES string of the molecule is Cn1cc(CCC(=O)OC2([C@H]3CCOC3)CC2)cn1. The van der Waals surface area contributed by atoms with Gasteiger partial charge in [0.25, 0.3) is 0 Å². The normalized spacial score (nSPS) is 24.4. The highest BCUT2D eigenvalue weighted by atomic mass is 16.6. The fraction of sp³-hybridized carbons (Fsp3) is 0.714. The minimum Gasteiger partial charge on any atom is -0.459 e. The number of aromatic nitrogens is 2. The van der Waals surface area contributed by atoms with Crippen LogP contribution in [-0.4, -0.2) is 34.6 Å². The first kappa shape index (κ1) is 12.7. The van der Waals surface area contributed by atoms with Crippen molar-refractivity contribution >= 4 is 5.97 Å². The number of carbonyl (C=O) groups excluding carboxylic acids is 1. The molecule has 0 amide bonds. The van der Waals surface area contributed by atoms with Gasteiger partial charge in [-0.25, -0.2) is 0 Å². The molecule has 0 spiro atoms. The summed E-state index contributed by atoms with van der Waals surface area (Å²) in [6.45, 7) is 1.55. The third kappa shape index (κ3) is 2.81. The lowest BCUT2D eigenvalue weighted by molar-refractivity contribution is -0.154.